The van der Waals surface area contributed by atoms with Crippen molar-refractivity contribution < 1.29 is 5.21 Å². The Bertz CT molecular complexity index is 242. The van der Waals surface area contributed by atoms with E-state index < -0.39 is 0 Å². The van der Waals surface area contributed by atoms with E-state index in [0.717, 1.165) is 6.42 Å². The molecule has 3 nitrogen and oxygen atoms in total. The van der Waals surface area contributed by atoms with E-state index in [9.17, 15) is 0 Å². The van der Waals surface area contributed by atoms with Crippen LogP contribution in [0.1, 0.15) is 6.42 Å². The molecule has 0 heterocycles. The van der Waals surface area contributed by atoms with Gasteiger partial charge in [-0.2, -0.15) is 0 Å². The Hall–Kier alpha value is -1.12. The van der Waals surface area contributed by atoms with Gasteiger partial charge in [0, 0.05) is 11.8 Å². The largest absolute Gasteiger partial charge is 0.411 e. The van der Waals surface area contributed by atoms with Crippen LogP contribution in [0.5, 0.6) is 0 Å². The molecule has 0 aliphatic heterocycles. The number of rotatable bonds is 0. The zero-order valence-electron chi connectivity index (χ0n) is 5.41. The number of hydrogen-bond donors (Lipinski definition) is 2. The van der Waals surface area contributed by atoms with Crippen LogP contribution in [0.2, 0.25) is 0 Å². The van der Waals surface area contributed by atoms with Crippen molar-refractivity contribution in [3.63, 3.8) is 0 Å². The topological polar surface area (TPSA) is 56.4 Å². The molecule has 2 rings (SSSR count). The molecule has 2 N–H and O–H groups in total. The molecular weight excluding hydrogens is 128 g/mol. The van der Waals surface area contributed by atoms with Crippen LogP contribution in [0.3, 0.4) is 0 Å². The molecule has 52 valence electrons. The van der Waals surface area contributed by atoms with E-state index in [0.29, 0.717) is 11.4 Å². The number of oxime groups is 1. The summed E-state index contributed by atoms with van der Waals surface area (Å²) in [5.74, 6) is 0.457. The van der Waals surface area contributed by atoms with Gasteiger partial charge in [0.1, 0.15) is 5.71 Å². The average molecular weight is 136 g/mol. The van der Waals surface area contributed by atoms with Crippen molar-refractivity contribution in [3.8, 4) is 0 Å². The highest BCUT2D eigenvalue weighted by Crippen LogP contribution is 2.34. The maximum absolute atomic E-state index is 8.47. The highest BCUT2D eigenvalue weighted by molar-refractivity contribution is 6.45. The Morgan fingerprint density at radius 3 is 2.60 bits per heavy atom. The van der Waals surface area contributed by atoms with Gasteiger partial charge in [-0.25, -0.2) is 0 Å². The molecule has 0 spiro atoms. The molecule has 1 saturated carbocycles. The molecule has 2 unspecified atom stereocenters. The summed E-state index contributed by atoms with van der Waals surface area (Å²) in [6.07, 6.45) is 4.97. The van der Waals surface area contributed by atoms with Gasteiger partial charge in [-0.1, -0.05) is 17.3 Å². The molecule has 0 radical (unpaired) electrons. The second kappa shape index (κ2) is 1.68. The molecule has 0 aromatic rings. The van der Waals surface area contributed by atoms with Gasteiger partial charge in [0.05, 0.1) is 5.71 Å². The Balaban J connectivity index is 2.43. The lowest BCUT2D eigenvalue weighted by molar-refractivity contribution is 0.318. The highest BCUT2D eigenvalue weighted by atomic mass is 16.4. The van der Waals surface area contributed by atoms with Gasteiger partial charge in [0.15, 0.2) is 0 Å². The van der Waals surface area contributed by atoms with Crippen LogP contribution in [-0.4, -0.2) is 16.6 Å². The monoisotopic (exact) mass is 136 g/mol. The van der Waals surface area contributed by atoms with Crippen LogP contribution in [-0.2, 0) is 0 Å². The third-order valence-corrected chi connectivity index (χ3v) is 2.19. The van der Waals surface area contributed by atoms with E-state index in [-0.39, 0.29) is 11.8 Å². The van der Waals surface area contributed by atoms with E-state index in [2.05, 4.69) is 5.16 Å². The SMILES string of the molecule is N=C1C(=NO)C2C=CC1C2. The number of fused-ring (bicyclic) bond motifs is 2. The van der Waals surface area contributed by atoms with Crippen molar-refractivity contribution in [3.05, 3.63) is 12.2 Å². The zero-order valence-corrected chi connectivity index (χ0v) is 5.41. The zero-order chi connectivity index (χ0) is 7.14. The van der Waals surface area contributed by atoms with Gasteiger partial charge in [0.25, 0.3) is 0 Å². The molecule has 0 saturated heterocycles. The van der Waals surface area contributed by atoms with Crippen LogP contribution >= 0.6 is 0 Å². The summed E-state index contributed by atoms with van der Waals surface area (Å²) >= 11 is 0. The smallest absolute Gasteiger partial charge is 0.108 e. The van der Waals surface area contributed by atoms with E-state index in [1.165, 1.54) is 0 Å². The summed E-state index contributed by atoms with van der Waals surface area (Å²) in [6.45, 7) is 0. The summed E-state index contributed by atoms with van der Waals surface area (Å²) in [6, 6.07) is 0. The van der Waals surface area contributed by atoms with E-state index in [1.807, 2.05) is 12.2 Å². The molecule has 2 atom stereocenters. The van der Waals surface area contributed by atoms with Crippen LogP contribution < -0.4 is 0 Å². The molecule has 10 heavy (non-hydrogen) atoms. The first-order valence-corrected chi connectivity index (χ1v) is 3.32. The first-order chi connectivity index (χ1) is 4.83. The molecule has 1 fully saturated rings. The van der Waals surface area contributed by atoms with Gasteiger partial charge in [0.2, 0.25) is 0 Å². The molecule has 2 aliphatic carbocycles. The molecule has 3 heteroatoms. The summed E-state index contributed by atoms with van der Waals surface area (Å²) in [7, 11) is 0. The maximum atomic E-state index is 8.47. The van der Waals surface area contributed by atoms with E-state index >= 15 is 0 Å². The van der Waals surface area contributed by atoms with Gasteiger partial charge < -0.3 is 10.6 Å². The van der Waals surface area contributed by atoms with Crippen molar-refractivity contribution >= 4 is 11.4 Å². The second-order valence-electron chi connectivity index (χ2n) is 2.73. The minimum absolute atomic E-state index is 0.225. The fourth-order valence-corrected chi connectivity index (χ4v) is 1.63. The lowest BCUT2D eigenvalue weighted by atomic mass is 10.0. The lowest BCUT2D eigenvalue weighted by Crippen LogP contribution is -2.17. The quantitative estimate of drug-likeness (QED) is 0.292. The summed E-state index contributed by atoms with van der Waals surface area (Å²) in [4.78, 5) is 0. The lowest BCUT2D eigenvalue weighted by Gasteiger charge is -2.04. The van der Waals surface area contributed by atoms with Crippen LogP contribution in [0.25, 0.3) is 0 Å². The number of nitrogens with zero attached hydrogens (tertiary/aromatic N) is 1. The molecule has 2 bridgehead atoms. The first-order valence-electron chi connectivity index (χ1n) is 3.32. The molecule has 0 aromatic carbocycles. The minimum Gasteiger partial charge on any atom is -0.411 e. The van der Waals surface area contributed by atoms with Crippen molar-refractivity contribution in [2.45, 2.75) is 6.42 Å². The number of nitrogens with one attached hydrogen (secondary N) is 1. The molecule has 0 aromatic heterocycles. The highest BCUT2D eigenvalue weighted by Gasteiger charge is 2.37. The minimum atomic E-state index is 0.225. The van der Waals surface area contributed by atoms with Crippen LogP contribution in [0, 0.1) is 17.2 Å². The number of hydrogen-bond acceptors (Lipinski definition) is 3. The fraction of sp³-hybridized carbons (Fsp3) is 0.429. The number of allylic oxidation sites excluding steroid dienone is 2. The van der Waals surface area contributed by atoms with Gasteiger partial charge >= 0.3 is 0 Å². The summed E-state index contributed by atoms with van der Waals surface area (Å²) in [5, 5.41) is 19.0. The Labute approximate surface area is 58.6 Å². The van der Waals surface area contributed by atoms with Gasteiger partial charge in [-0.05, 0) is 6.42 Å². The Kier molecular flexibility index (Phi) is 0.952. The third-order valence-electron chi connectivity index (χ3n) is 2.19. The molecular formula is C7H8N2O. The Morgan fingerprint density at radius 2 is 2.20 bits per heavy atom. The van der Waals surface area contributed by atoms with Crippen molar-refractivity contribution in [1.82, 2.24) is 0 Å². The van der Waals surface area contributed by atoms with Crippen molar-refractivity contribution in [1.29, 1.82) is 5.41 Å². The van der Waals surface area contributed by atoms with Crippen LogP contribution in [0.15, 0.2) is 17.3 Å². The van der Waals surface area contributed by atoms with Crippen LogP contribution in [0.4, 0.5) is 0 Å². The van der Waals surface area contributed by atoms with Crippen molar-refractivity contribution in [2.75, 3.05) is 0 Å². The molecule has 0 amide bonds. The predicted octanol–water partition coefficient (Wildman–Crippen LogP) is 1.04. The molecule has 2 aliphatic rings. The summed E-state index contributed by atoms with van der Waals surface area (Å²) < 4.78 is 0. The van der Waals surface area contributed by atoms with E-state index in [1.54, 1.807) is 0 Å². The second-order valence-corrected chi connectivity index (χ2v) is 2.73. The fourth-order valence-electron chi connectivity index (χ4n) is 1.63. The predicted molar refractivity (Wildman–Crippen MR) is 37.7 cm³/mol. The standard InChI is InChI=1S/C7H8N2O/c8-6-4-1-2-5(3-4)7(6)9-10/h1-2,4-5,8,10H,3H2. The van der Waals surface area contributed by atoms with Gasteiger partial charge in [-0.15, -0.1) is 0 Å². The third kappa shape index (κ3) is 0.497. The summed E-state index contributed by atoms with van der Waals surface area (Å²) in [5.41, 5.74) is 1.06. The maximum Gasteiger partial charge on any atom is 0.108 e. The van der Waals surface area contributed by atoms with E-state index in [4.69, 9.17) is 10.6 Å². The normalized spacial score (nSPS) is 40.0. The average Bonchev–Trinajstić information content (AvgIpc) is 2.46. The van der Waals surface area contributed by atoms with Crippen molar-refractivity contribution in [2.24, 2.45) is 17.0 Å². The van der Waals surface area contributed by atoms with Gasteiger partial charge in [-0.3, -0.25) is 0 Å². The Morgan fingerprint density at radius 1 is 1.50 bits per heavy atom. The first kappa shape index (κ1) is 5.65.